The molecule has 3 nitrogen and oxygen atoms in total. The van der Waals surface area contributed by atoms with Crippen LogP contribution in [0.2, 0.25) is 0 Å². The fraction of sp³-hybridized carbons (Fsp3) is 0.462. The predicted octanol–water partition coefficient (Wildman–Crippen LogP) is 2.44. The van der Waals surface area contributed by atoms with Gasteiger partial charge in [-0.25, -0.2) is 0 Å². The lowest BCUT2D eigenvalue weighted by Gasteiger charge is -2.08. The third-order valence-electron chi connectivity index (χ3n) is 1.91. The Hall–Kier alpha value is -1.51. The molecule has 0 saturated heterocycles. The molecule has 0 aliphatic carbocycles. The molecule has 0 unspecified atom stereocenters. The Morgan fingerprint density at radius 2 is 2.00 bits per heavy atom. The lowest BCUT2D eigenvalue weighted by molar-refractivity contribution is -0.139. The third-order valence-corrected chi connectivity index (χ3v) is 1.91. The lowest BCUT2D eigenvalue weighted by Crippen LogP contribution is -2.06. The van der Waals surface area contributed by atoms with Crippen LogP contribution in [-0.4, -0.2) is 19.6 Å². The zero-order valence-corrected chi connectivity index (χ0v) is 9.82. The molecule has 0 aromatic heterocycles. The van der Waals surface area contributed by atoms with Crippen LogP contribution in [0.1, 0.15) is 22.2 Å². The summed E-state index contributed by atoms with van der Waals surface area (Å²) in [5.41, 5.74) is 0.805. The van der Waals surface area contributed by atoms with Crippen LogP contribution in [0.3, 0.4) is 0 Å². The third kappa shape index (κ3) is 4.34. The molecule has 0 aliphatic rings. The van der Waals surface area contributed by atoms with E-state index in [1.807, 2.05) is 0 Å². The minimum Gasteiger partial charge on any atom is -0.493 e. The number of ether oxygens (including phenoxy) is 2. The standard InChI is InChI=1S/C13H18O3/c1-10(2)9-16-12-6-4-11(5-7-12)8-13(14)15-3/h4-7,10H,8-9H2,1-3H3/i9D2. The Bertz CT molecular complexity index is 399. The van der Waals surface area contributed by atoms with Gasteiger partial charge in [0.05, 0.1) is 22.8 Å². The van der Waals surface area contributed by atoms with Gasteiger partial charge in [0.25, 0.3) is 0 Å². The maximum Gasteiger partial charge on any atom is 0.309 e. The van der Waals surface area contributed by atoms with Gasteiger partial charge in [-0.05, 0) is 23.6 Å². The van der Waals surface area contributed by atoms with Crippen molar-refractivity contribution in [3.63, 3.8) is 0 Å². The van der Waals surface area contributed by atoms with Crippen molar-refractivity contribution in [2.75, 3.05) is 13.7 Å². The van der Waals surface area contributed by atoms with Crippen molar-refractivity contribution in [2.24, 2.45) is 5.92 Å². The molecular formula is C13H18O3. The fourth-order valence-electron chi connectivity index (χ4n) is 1.10. The van der Waals surface area contributed by atoms with Gasteiger partial charge >= 0.3 is 5.97 Å². The highest BCUT2D eigenvalue weighted by atomic mass is 16.5. The number of benzene rings is 1. The molecule has 3 heteroatoms. The number of esters is 1. The Morgan fingerprint density at radius 1 is 1.38 bits per heavy atom. The summed E-state index contributed by atoms with van der Waals surface area (Å²) in [5.74, 6) is -0.101. The molecule has 0 atom stereocenters. The second-order valence-electron chi connectivity index (χ2n) is 3.77. The number of rotatable bonds is 5. The van der Waals surface area contributed by atoms with Gasteiger partial charge in [-0.15, -0.1) is 0 Å². The van der Waals surface area contributed by atoms with E-state index < -0.39 is 6.56 Å². The van der Waals surface area contributed by atoms with Gasteiger partial charge in [-0.1, -0.05) is 26.0 Å². The van der Waals surface area contributed by atoms with Crippen molar-refractivity contribution in [2.45, 2.75) is 20.3 Å². The second-order valence-corrected chi connectivity index (χ2v) is 3.77. The van der Waals surface area contributed by atoms with Crippen molar-refractivity contribution < 1.29 is 17.0 Å². The molecule has 1 aromatic rings. The van der Waals surface area contributed by atoms with Crippen molar-refractivity contribution >= 4 is 5.97 Å². The van der Waals surface area contributed by atoms with Gasteiger partial charge in [-0.3, -0.25) is 4.79 Å². The first-order valence-corrected chi connectivity index (χ1v) is 5.20. The molecule has 1 rings (SSSR count). The molecular weight excluding hydrogens is 204 g/mol. The topological polar surface area (TPSA) is 35.5 Å². The molecule has 0 fully saturated rings. The number of carbonyl (C=O) groups is 1. The van der Waals surface area contributed by atoms with E-state index in [9.17, 15) is 4.79 Å². The van der Waals surface area contributed by atoms with E-state index in [4.69, 9.17) is 7.48 Å². The Kier molecular flexibility index (Phi) is 3.73. The molecule has 0 radical (unpaired) electrons. The summed E-state index contributed by atoms with van der Waals surface area (Å²) in [6, 6.07) is 6.75. The van der Waals surface area contributed by atoms with Gasteiger partial charge < -0.3 is 9.47 Å². The summed E-state index contributed by atoms with van der Waals surface area (Å²) < 4.78 is 25.2. The van der Waals surface area contributed by atoms with Crippen LogP contribution in [-0.2, 0) is 16.0 Å². The fourth-order valence-corrected chi connectivity index (χ4v) is 1.10. The van der Waals surface area contributed by atoms with Crippen LogP contribution < -0.4 is 4.74 Å². The normalized spacial score (nSPS) is 13.0. The Balaban J connectivity index is 2.69. The number of hydrogen-bond acceptors (Lipinski definition) is 3. The van der Waals surface area contributed by atoms with Crippen LogP contribution in [0.4, 0.5) is 0 Å². The van der Waals surface area contributed by atoms with Crippen LogP contribution in [0.25, 0.3) is 0 Å². The number of hydrogen-bond donors (Lipinski definition) is 0. The van der Waals surface area contributed by atoms with Gasteiger partial charge in [0.2, 0.25) is 0 Å². The molecule has 0 N–H and O–H groups in total. The van der Waals surface area contributed by atoms with E-state index >= 15 is 0 Å². The minimum atomic E-state index is -1.70. The first kappa shape index (κ1) is 9.70. The van der Waals surface area contributed by atoms with Crippen LogP contribution in [0, 0.1) is 5.92 Å². The van der Waals surface area contributed by atoms with E-state index in [2.05, 4.69) is 4.74 Å². The zero-order chi connectivity index (χ0) is 13.8. The summed E-state index contributed by atoms with van der Waals surface area (Å²) >= 11 is 0. The van der Waals surface area contributed by atoms with Gasteiger partial charge in [0.1, 0.15) is 5.75 Å². The van der Waals surface area contributed by atoms with E-state index in [0.29, 0.717) is 5.75 Å². The van der Waals surface area contributed by atoms with Gasteiger partial charge in [0, 0.05) is 0 Å². The van der Waals surface area contributed by atoms with Crippen molar-refractivity contribution in [3.05, 3.63) is 29.8 Å². The van der Waals surface area contributed by atoms with Gasteiger partial charge in [0.15, 0.2) is 0 Å². The van der Waals surface area contributed by atoms with Crippen molar-refractivity contribution in [3.8, 4) is 5.75 Å². The smallest absolute Gasteiger partial charge is 0.309 e. The lowest BCUT2D eigenvalue weighted by atomic mass is 10.1. The maximum atomic E-state index is 11.1. The minimum absolute atomic E-state index is 0.202. The highest BCUT2D eigenvalue weighted by Gasteiger charge is 2.03. The average molecular weight is 224 g/mol. The number of carbonyl (C=O) groups excluding carboxylic acids is 1. The van der Waals surface area contributed by atoms with Crippen molar-refractivity contribution in [1.29, 1.82) is 0 Å². The van der Waals surface area contributed by atoms with Crippen molar-refractivity contribution in [1.82, 2.24) is 0 Å². The molecule has 1 aromatic carbocycles. The molecule has 0 amide bonds. The molecule has 88 valence electrons. The largest absolute Gasteiger partial charge is 0.493 e. The SMILES string of the molecule is [2H]C([2H])(Oc1ccc(CC(=O)OC)cc1)C(C)C. The highest BCUT2D eigenvalue weighted by Crippen LogP contribution is 2.13. The molecule has 0 spiro atoms. The highest BCUT2D eigenvalue weighted by molar-refractivity contribution is 5.72. The summed E-state index contributed by atoms with van der Waals surface area (Å²) in [4.78, 5) is 11.1. The maximum absolute atomic E-state index is 11.1. The average Bonchev–Trinajstić information content (AvgIpc) is 2.31. The summed E-state index contributed by atoms with van der Waals surface area (Å²) in [5, 5.41) is 0. The quantitative estimate of drug-likeness (QED) is 0.721. The first-order valence-electron chi connectivity index (χ1n) is 6.20. The number of methoxy groups -OCH3 is 1. The molecule has 0 heterocycles. The summed E-state index contributed by atoms with van der Waals surface area (Å²) in [7, 11) is 1.34. The summed E-state index contributed by atoms with van der Waals surface area (Å²) in [6.45, 7) is 1.81. The van der Waals surface area contributed by atoms with E-state index in [1.54, 1.807) is 38.1 Å². The first-order chi connectivity index (χ1) is 8.35. The monoisotopic (exact) mass is 224 g/mol. The predicted molar refractivity (Wildman–Crippen MR) is 62.5 cm³/mol. The zero-order valence-electron chi connectivity index (χ0n) is 11.8. The van der Waals surface area contributed by atoms with Crippen LogP contribution in [0.15, 0.2) is 24.3 Å². The summed E-state index contributed by atoms with van der Waals surface area (Å²) in [6.07, 6.45) is 0.202. The Labute approximate surface area is 99.2 Å². The van der Waals surface area contributed by atoms with E-state index in [1.165, 1.54) is 7.11 Å². The Morgan fingerprint density at radius 3 is 2.50 bits per heavy atom. The molecule has 16 heavy (non-hydrogen) atoms. The van der Waals surface area contributed by atoms with Crippen LogP contribution in [0.5, 0.6) is 5.75 Å². The van der Waals surface area contributed by atoms with Gasteiger partial charge in [-0.2, -0.15) is 0 Å². The van der Waals surface area contributed by atoms with E-state index in [-0.39, 0.29) is 18.3 Å². The molecule has 0 saturated carbocycles. The second kappa shape index (κ2) is 6.16. The molecule has 0 bridgehead atoms. The van der Waals surface area contributed by atoms with Crippen LogP contribution >= 0.6 is 0 Å². The van der Waals surface area contributed by atoms with E-state index in [0.717, 1.165) is 5.56 Å². The molecule has 0 aliphatic heterocycles.